The first-order chi connectivity index (χ1) is 6.86. The van der Waals surface area contributed by atoms with Gasteiger partial charge in [-0.2, -0.15) is 0 Å². The van der Waals surface area contributed by atoms with E-state index in [1.54, 1.807) is 0 Å². The SMILES string of the molecule is Clc1cccn2c3c(nc12)=CCCC=3. The summed E-state index contributed by atoms with van der Waals surface area (Å²) in [5.74, 6) is 0. The molecule has 0 bridgehead atoms. The van der Waals surface area contributed by atoms with Gasteiger partial charge in [0.25, 0.3) is 0 Å². The fraction of sp³-hybridized carbons (Fsp3) is 0.182. The van der Waals surface area contributed by atoms with Gasteiger partial charge in [0.2, 0.25) is 0 Å². The number of nitrogens with zero attached hydrogens (tertiary/aromatic N) is 2. The van der Waals surface area contributed by atoms with Gasteiger partial charge >= 0.3 is 0 Å². The van der Waals surface area contributed by atoms with Crippen LogP contribution in [0.4, 0.5) is 0 Å². The lowest BCUT2D eigenvalue weighted by atomic mass is 10.2. The number of rotatable bonds is 0. The first-order valence-corrected chi connectivity index (χ1v) is 5.07. The van der Waals surface area contributed by atoms with Gasteiger partial charge in [-0.25, -0.2) is 4.98 Å². The third kappa shape index (κ3) is 1.01. The lowest BCUT2D eigenvalue weighted by molar-refractivity contribution is 1.06. The fourth-order valence-electron chi connectivity index (χ4n) is 1.86. The zero-order chi connectivity index (χ0) is 9.54. The van der Waals surface area contributed by atoms with E-state index in [0.29, 0.717) is 5.02 Å². The predicted molar refractivity (Wildman–Crippen MR) is 57.6 cm³/mol. The molecule has 0 spiro atoms. The fourth-order valence-corrected chi connectivity index (χ4v) is 2.07. The maximum Gasteiger partial charge on any atom is 0.156 e. The van der Waals surface area contributed by atoms with Crippen LogP contribution in [0, 0.1) is 0 Å². The molecule has 0 unspecified atom stereocenters. The van der Waals surface area contributed by atoms with Crippen LogP contribution in [0.15, 0.2) is 18.3 Å². The Balaban J connectivity index is 2.62. The first-order valence-electron chi connectivity index (χ1n) is 4.69. The van der Waals surface area contributed by atoms with Crippen molar-refractivity contribution in [3.8, 4) is 0 Å². The highest BCUT2D eigenvalue weighted by Crippen LogP contribution is 2.11. The Kier molecular flexibility index (Phi) is 1.64. The zero-order valence-electron chi connectivity index (χ0n) is 7.57. The standard InChI is InChI=1S/C11H9ClN2/c12-8-4-3-7-14-10-6-2-1-5-9(10)13-11(8)14/h3-7H,1-2H2. The second-order valence-corrected chi connectivity index (χ2v) is 3.82. The van der Waals surface area contributed by atoms with Gasteiger partial charge in [0, 0.05) is 6.20 Å². The zero-order valence-corrected chi connectivity index (χ0v) is 8.33. The maximum absolute atomic E-state index is 6.07. The molecule has 2 nitrogen and oxygen atoms in total. The Labute approximate surface area is 86.1 Å². The number of hydrogen-bond donors (Lipinski definition) is 0. The van der Waals surface area contributed by atoms with Gasteiger partial charge in [-0.15, -0.1) is 0 Å². The summed E-state index contributed by atoms with van der Waals surface area (Å²) in [7, 11) is 0. The molecule has 3 rings (SSSR count). The second kappa shape index (κ2) is 2.85. The summed E-state index contributed by atoms with van der Waals surface area (Å²) in [6.45, 7) is 0. The topological polar surface area (TPSA) is 17.3 Å². The van der Waals surface area contributed by atoms with Crippen LogP contribution in [0.2, 0.25) is 5.02 Å². The van der Waals surface area contributed by atoms with Crippen molar-refractivity contribution >= 4 is 29.4 Å². The lowest BCUT2D eigenvalue weighted by Gasteiger charge is -1.96. The number of imidazole rings is 1. The van der Waals surface area contributed by atoms with E-state index in [1.807, 2.05) is 22.7 Å². The molecule has 14 heavy (non-hydrogen) atoms. The molecular formula is C11H9ClN2. The van der Waals surface area contributed by atoms with Gasteiger partial charge in [0.15, 0.2) is 5.65 Å². The highest BCUT2D eigenvalue weighted by Gasteiger charge is 2.04. The van der Waals surface area contributed by atoms with Gasteiger partial charge < -0.3 is 0 Å². The van der Waals surface area contributed by atoms with Crippen LogP contribution in [0.25, 0.3) is 17.8 Å². The van der Waals surface area contributed by atoms with Crippen LogP contribution in [0.1, 0.15) is 12.8 Å². The van der Waals surface area contributed by atoms with Gasteiger partial charge in [-0.05, 0) is 25.0 Å². The molecule has 70 valence electrons. The summed E-state index contributed by atoms with van der Waals surface area (Å²) in [5, 5.41) is 2.95. The van der Waals surface area contributed by atoms with Gasteiger partial charge in [-0.3, -0.25) is 4.40 Å². The second-order valence-electron chi connectivity index (χ2n) is 3.42. The van der Waals surface area contributed by atoms with Crippen molar-refractivity contribution in [1.29, 1.82) is 0 Å². The summed E-state index contributed by atoms with van der Waals surface area (Å²) >= 11 is 6.07. The molecule has 0 radical (unpaired) electrons. The average molecular weight is 205 g/mol. The van der Waals surface area contributed by atoms with Crippen LogP contribution in [0.3, 0.4) is 0 Å². The monoisotopic (exact) mass is 204 g/mol. The normalized spacial score (nSPS) is 14.6. The number of pyridine rings is 1. The number of fused-ring (bicyclic) bond motifs is 3. The van der Waals surface area contributed by atoms with E-state index in [9.17, 15) is 0 Å². The Morgan fingerprint density at radius 1 is 1.29 bits per heavy atom. The molecular weight excluding hydrogens is 196 g/mol. The van der Waals surface area contributed by atoms with Gasteiger partial charge in [0.1, 0.15) is 0 Å². The Morgan fingerprint density at radius 3 is 3.07 bits per heavy atom. The van der Waals surface area contributed by atoms with E-state index < -0.39 is 0 Å². The molecule has 0 aliphatic heterocycles. The average Bonchev–Trinajstić information content (AvgIpc) is 2.59. The van der Waals surface area contributed by atoms with Crippen molar-refractivity contribution in [1.82, 2.24) is 9.38 Å². The molecule has 1 aliphatic carbocycles. The quantitative estimate of drug-likeness (QED) is 0.633. The van der Waals surface area contributed by atoms with E-state index in [2.05, 4.69) is 17.1 Å². The van der Waals surface area contributed by atoms with E-state index >= 15 is 0 Å². The summed E-state index contributed by atoms with van der Waals surface area (Å²) in [4.78, 5) is 4.50. The number of halogens is 1. The summed E-state index contributed by atoms with van der Waals surface area (Å²) in [6.07, 6.45) is 8.55. The van der Waals surface area contributed by atoms with Crippen LogP contribution in [0.5, 0.6) is 0 Å². The molecule has 1 aliphatic rings. The molecule has 0 saturated heterocycles. The molecule has 2 aromatic rings. The van der Waals surface area contributed by atoms with Crippen LogP contribution < -0.4 is 10.7 Å². The van der Waals surface area contributed by atoms with E-state index in [0.717, 1.165) is 23.8 Å². The van der Waals surface area contributed by atoms with Crippen LogP contribution in [-0.2, 0) is 0 Å². The van der Waals surface area contributed by atoms with Crippen LogP contribution in [-0.4, -0.2) is 9.38 Å². The molecule has 0 saturated carbocycles. The Hall–Kier alpha value is -1.28. The minimum absolute atomic E-state index is 0.712. The summed E-state index contributed by atoms with van der Waals surface area (Å²) < 4.78 is 2.05. The molecule has 2 heterocycles. The number of aromatic nitrogens is 2. The van der Waals surface area contributed by atoms with E-state index in [4.69, 9.17) is 11.6 Å². The molecule has 0 aromatic carbocycles. The largest absolute Gasteiger partial charge is 0.299 e. The third-order valence-electron chi connectivity index (χ3n) is 2.51. The highest BCUT2D eigenvalue weighted by molar-refractivity contribution is 6.33. The predicted octanol–water partition coefficient (Wildman–Crippen LogP) is 1.34. The smallest absolute Gasteiger partial charge is 0.156 e. The molecule has 0 N–H and O–H groups in total. The molecule has 0 fully saturated rings. The summed E-state index contributed by atoms with van der Waals surface area (Å²) in [5.41, 5.74) is 0.855. The van der Waals surface area contributed by atoms with Crippen molar-refractivity contribution < 1.29 is 0 Å². The third-order valence-corrected chi connectivity index (χ3v) is 2.80. The molecule has 0 atom stereocenters. The van der Waals surface area contributed by atoms with Gasteiger partial charge in [-0.1, -0.05) is 23.8 Å². The Bertz CT molecular complexity index is 610. The highest BCUT2D eigenvalue weighted by atomic mass is 35.5. The van der Waals surface area contributed by atoms with E-state index in [-0.39, 0.29) is 0 Å². The molecule has 2 aromatic heterocycles. The lowest BCUT2D eigenvalue weighted by Crippen LogP contribution is -2.28. The van der Waals surface area contributed by atoms with Crippen molar-refractivity contribution in [3.63, 3.8) is 0 Å². The van der Waals surface area contributed by atoms with E-state index in [1.165, 1.54) is 5.35 Å². The molecule has 3 heteroatoms. The minimum Gasteiger partial charge on any atom is -0.299 e. The minimum atomic E-state index is 0.712. The summed E-state index contributed by atoms with van der Waals surface area (Å²) in [6, 6.07) is 3.81. The van der Waals surface area contributed by atoms with Crippen molar-refractivity contribution in [2.45, 2.75) is 12.8 Å². The maximum atomic E-state index is 6.07. The van der Waals surface area contributed by atoms with Crippen LogP contribution >= 0.6 is 11.6 Å². The first kappa shape index (κ1) is 8.06. The van der Waals surface area contributed by atoms with Crippen molar-refractivity contribution in [2.75, 3.05) is 0 Å². The number of hydrogen-bond acceptors (Lipinski definition) is 1. The Morgan fingerprint density at radius 2 is 2.14 bits per heavy atom. The van der Waals surface area contributed by atoms with Gasteiger partial charge in [0.05, 0.1) is 15.7 Å². The van der Waals surface area contributed by atoms with Crippen molar-refractivity contribution in [3.05, 3.63) is 34.1 Å². The molecule has 0 amide bonds. The van der Waals surface area contributed by atoms with Crippen molar-refractivity contribution in [2.24, 2.45) is 0 Å².